The van der Waals surface area contributed by atoms with Crippen LogP contribution in [0.2, 0.25) is 0 Å². The van der Waals surface area contributed by atoms with E-state index in [9.17, 15) is 27.6 Å². The zero-order valence-electron chi connectivity index (χ0n) is 18.2. The Kier molecular flexibility index (Phi) is 7.48. The van der Waals surface area contributed by atoms with Gasteiger partial charge in [-0.25, -0.2) is 4.79 Å². The highest BCUT2D eigenvalue weighted by Crippen LogP contribution is 2.43. The fourth-order valence-electron chi connectivity index (χ4n) is 4.28. The van der Waals surface area contributed by atoms with Crippen LogP contribution in [0.25, 0.3) is 0 Å². The SMILES string of the molecule is O=C(/C=C/[C@H]1[C@@H]2CC(=O)O[C@@H]2C[C@@H]1OC(=O)c1ccccc1)COc1cc(C(F)(F)F)ccc1I. The van der Waals surface area contributed by atoms with Gasteiger partial charge in [-0.05, 0) is 59.0 Å². The summed E-state index contributed by atoms with van der Waals surface area (Å²) >= 11 is 1.83. The maximum atomic E-state index is 13.0. The molecule has 2 aromatic carbocycles. The van der Waals surface area contributed by atoms with Crippen molar-refractivity contribution in [2.75, 3.05) is 6.61 Å². The van der Waals surface area contributed by atoms with Crippen LogP contribution in [-0.2, 0) is 25.2 Å². The monoisotopic (exact) mass is 600 g/mol. The summed E-state index contributed by atoms with van der Waals surface area (Å²) in [4.78, 5) is 36.7. The standard InChI is InChI=1S/C25H20F3IO6/c26-25(27,28)15-6-9-19(29)22(10-15)33-13-16(30)7-8-17-18-11-23(31)34-21(18)12-20(17)35-24(32)14-4-2-1-3-5-14/h1-10,17-18,20-21H,11-13H2/b8-7+/t17-,18-,20-,21+/m0/s1. The first-order chi connectivity index (χ1) is 16.6. The number of hydrogen-bond donors (Lipinski definition) is 0. The topological polar surface area (TPSA) is 78.9 Å². The van der Waals surface area contributed by atoms with Gasteiger partial charge in [0, 0.05) is 18.3 Å². The number of hydrogen-bond acceptors (Lipinski definition) is 6. The first-order valence-electron chi connectivity index (χ1n) is 10.8. The number of ether oxygens (including phenoxy) is 3. The second-order valence-corrected chi connectivity index (χ2v) is 9.44. The highest BCUT2D eigenvalue weighted by molar-refractivity contribution is 14.1. The Labute approximate surface area is 212 Å². The van der Waals surface area contributed by atoms with Crippen molar-refractivity contribution in [3.63, 3.8) is 0 Å². The Bertz CT molecular complexity index is 1150. The van der Waals surface area contributed by atoms with Gasteiger partial charge < -0.3 is 14.2 Å². The molecule has 4 atom stereocenters. The summed E-state index contributed by atoms with van der Waals surface area (Å²) in [5.74, 6) is -2.08. The molecule has 1 saturated carbocycles. The minimum Gasteiger partial charge on any atom is -0.484 e. The number of carbonyl (C=O) groups is 3. The second kappa shape index (κ2) is 10.4. The molecule has 0 spiro atoms. The van der Waals surface area contributed by atoms with Crippen LogP contribution in [0.15, 0.2) is 60.7 Å². The Morgan fingerprint density at radius 1 is 1.14 bits per heavy atom. The summed E-state index contributed by atoms with van der Waals surface area (Å²) in [7, 11) is 0. The predicted octanol–water partition coefficient (Wildman–Crippen LogP) is 4.99. The average molecular weight is 600 g/mol. The highest BCUT2D eigenvalue weighted by atomic mass is 127. The number of halogens is 4. The van der Waals surface area contributed by atoms with Crippen molar-refractivity contribution < 1.29 is 41.8 Å². The molecular formula is C25H20F3IO6. The molecule has 1 saturated heterocycles. The Morgan fingerprint density at radius 3 is 2.60 bits per heavy atom. The lowest BCUT2D eigenvalue weighted by Crippen LogP contribution is -2.25. The molecule has 10 heteroatoms. The van der Waals surface area contributed by atoms with E-state index in [1.807, 2.05) is 22.6 Å². The van der Waals surface area contributed by atoms with Crippen molar-refractivity contribution in [2.24, 2.45) is 11.8 Å². The quantitative estimate of drug-likeness (QED) is 0.253. The molecule has 35 heavy (non-hydrogen) atoms. The third kappa shape index (κ3) is 6.03. The Morgan fingerprint density at radius 2 is 1.89 bits per heavy atom. The van der Waals surface area contributed by atoms with Gasteiger partial charge >= 0.3 is 18.1 Å². The molecule has 1 aliphatic heterocycles. The predicted molar refractivity (Wildman–Crippen MR) is 126 cm³/mol. The number of carbonyl (C=O) groups excluding carboxylic acids is 3. The molecule has 0 unspecified atom stereocenters. The summed E-state index contributed by atoms with van der Waals surface area (Å²) in [6.07, 6.45) is -2.26. The molecule has 6 nitrogen and oxygen atoms in total. The van der Waals surface area contributed by atoms with Gasteiger partial charge in [-0.1, -0.05) is 24.3 Å². The van der Waals surface area contributed by atoms with Crippen molar-refractivity contribution >= 4 is 40.3 Å². The van der Waals surface area contributed by atoms with Crippen molar-refractivity contribution in [2.45, 2.75) is 31.2 Å². The van der Waals surface area contributed by atoms with E-state index in [-0.39, 0.29) is 24.1 Å². The first kappa shape index (κ1) is 25.2. The van der Waals surface area contributed by atoms with E-state index in [0.29, 0.717) is 15.6 Å². The third-order valence-corrected chi connectivity index (χ3v) is 6.84. The van der Waals surface area contributed by atoms with Gasteiger partial charge in [-0.3, -0.25) is 9.59 Å². The van der Waals surface area contributed by atoms with Crippen molar-refractivity contribution in [3.05, 3.63) is 75.4 Å². The maximum absolute atomic E-state index is 13.0. The molecular weight excluding hydrogens is 580 g/mol. The van der Waals surface area contributed by atoms with E-state index in [2.05, 4.69) is 0 Å². The van der Waals surface area contributed by atoms with Crippen molar-refractivity contribution in [1.29, 1.82) is 0 Å². The lowest BCUT2D eigenvalue weighted by molar-refractivity contribution is -0.142. The zero-order chi connectivity index (χ0) is 25.2. The maximum Gasteiger partial charge on any atom is 0.416 e. The van der Waals surface area contributed by atoms with E-state index in [1.165, 1.54) is 12.1 Å². The van der Waals surface area contributed by atoms with Gasteiger partial charge in [0.15, 0.2) is 12.4 Å². The van der Waals surface area contributed by atoms with Crippen LogP contribution in [0.4, 0.5) is 13.2 Å². The van der Waals surface area contributed by atoms with E-state index in [1.54, 1.807) is 36.4 Å². The summed E-state index contributed by atoms with van der Waals surface area (Å²) < 4.78 is 55.6. The molecule has 1 heterocycles. The molecule has 0 radical (unpaired) electrons. The molecule has 2 aliphatic rings. The minimum atomic E-state index is -4.53. The van der Waals surface area contributed by atoms with Gasteiger partial charge in [0.25, 0.3) is 0 Å². The highest BCUT2D eigenvalue weighted by Gasteiger charge is 2.50. The number of alkyl halides is 3. The molecule has 0 N–H and O–H groups in total. The van der Waals surface area contributed by atoms with Crippen LogP contribution in [0.5, 0.6) is 5.75 Å². The van der Waals surface area contributed by atoms with Crippen LogP contribution >= 0.6 is 22.6 Å². The molecule has 1 aliphatic carbocycles. The number of esters is 2. The fourth-order valence-corrected chi connectivity index (χ4v) is 4.77. The van der Waals surface area contributed by atoms with Gasteiger partial charge in [-0.15, -0.1) is 0 Å². The number of fused-ring (bicyclic) bond motifs is 1. The number of benzene rings is 2. The molecule has 0 bridgehead atoms. The van der Waals surface area contributed by atoms with E-state index in [4.69, 9.17) is 14.2 Å². The third-order valence-electron chi connectivity index (χ3n) is 5.95. The van der Waals surface area contributed by atoms with E-state index in [0.717, 1.165) is 12.1 Å². The second-order valence-electron chi connectivity index (χ2n) is 8.28. The summed E-state index contributed by atoms with van der Waals surface area (Å²) in [6.45, 7) is -0.474. The zero-order valence-corrected chi connectivity index (χ0v) is 20.3. The Hall–Kier alpha value is -2.89. The van der Waals surface area contributed by atoms with E-state index >= 15 is 0 Å². The lowest BCUT2D eigenvalue weighted by atomic mass is 9.91. The molecule has 2 fully saturated rings. The smallest absolute Gasteiger partial charge is 0.416 e. The molecule has 4 rings (SSSR count). The molecule has 0 amide bonds. The summed E-state index contributed by atoms with van der Waals surface area (Å²) in [6, 6.07) is 11.5. The summed E-state index contributed by atoms with van der Waals surface area (Å²) in [5.41, 5.74) is -0.494. The number of ketones is 1. The van der Waals surface area contributed by atoms with Crippen LogP contribution in [0.3, 0.4) is 0 Å². The fraction of sp³-hybridized carbons (Fsp3) is 0.320. The summed E-state index contributed by atoms with van der Waals surface area (Å²) in [5, 5.41) is 0. The lowest BCUT2D eigenvalue weighted by Gasteiger charge is -2.20. The molecule has 2 aromatic rings. The van der Waals surface area contributed by atoms with Gasteiger partial charge in [-0.2, -0.15) is 13.2 Å². The normalized spacial score (nSPS) is 23.7. The van der Waals surface area contributed by atoms with E-state index < -0.39 is 48.2 Å². The van der Waals surface area contributed by atoms with Crippen molar-refractivity contribution in [3.8, 4) is 5.75 Å². The van der Waals surface area contributed by atoms with Gasteiger partial charge in [0.05, 0.1) is 21.1 Å². The first-order valence-corrected chi connectivity index (χ1v) is 11.9. The van der Waals surface area contributed by atoms with Gasteiger partial charge in [0.2, 0.25) is 0 Å². The number of rotatable bonds is 7. The van der Waals surface area contributed by atoms with Crippen LogP contribution < -0.4 is 4.74 Å². The molecule has 0 aromatic heterocycles. The minimum absolute atomic E-state index is 0.0486. The van der Waals surface area contributed by atoms with Crippen LogP contribution in [0, 0.1) is 15.4 Å². The largest absolute Gasteiger partial charge is 0.484 e. The molecule has 184 valence electrons. The Balaban J connectivity index is 1.43. The van der Waals surface area contributed by atoms with Crippen LogP contribution in [0.1, 0.15) is 28.8 Å². The van der Waals surface area contributed by atoms with Crippen molar-refractivity contribution in [1.82, 2.24) is 0 Å². The van der Waals surface area contributed by atoms with Crippen LogP contribution in [-0.4, -0.2) is 36.5 Å². The van der Waals surface area contributed by atoms with Gasteiger partial charge in [0.1, 0.15) is 18.0 Å². The average Bonchev–Trinajstić information content (AvgIpc) is 3.32.